The predicted molar refractivity (Wildman–Crippen MR) is 75.6 cm³/mol. The van der Waals surface area contributed by atoms with Crippen LogP contribution < -0.4 is 11.1 Å². The normalized spacial score (nSPS) is 13.9. The van der Waals surface area contributed by atoms with Crippen molar-refractivity contribution in [3.63, 3.8) is 0 Å². The first-order valence-electron chi connectivity index (χ1n) is 5.88. The summed E-state index contributed by atoms with van der Waals surface area (Å²) in [4.78, 5) is 12.1. The predicted octanol–water partition coefficient (Wildman–Crippen LogP) is 1.40. The SMILES string of the molecule is CC(C)(C)C(N)C(=O)Nc1ccc(S(C)(=O)=O)cc1. The van der Waals surface area contributed by atoms with Crippen molar-refractivity contribution in [2.75, 3.05) is 11.6 Å². The second-order valence-electron chi connectivity index (χ2n) is 5.63. The maximum atomic E-state index is 11.9. The van der Waals surface area contributed by atoms with E-state index < -0.39 is 15.9 Å². The molecular weight excluding hydrogens is 264 g/mol. The highest BCUT2D eigenvalue weighted by molar-refractivity contribution is 7.90. The molecule has 0 spiro atoms. The molecule has 1 amide bonds. The van der Waals surface area contributed by atoms with Gasteiger partial charge in [-0.2, -0.15) is 0 Å². The van der Waals surface area contributed by atoms with E-state index in [9.17, 15) is 13.2 Å². The molecule has 106 valence electrons. The maximum Gasteiger partial charge on any atom is 0.241 e. The standard InChI is InChI=1S/C13H20N2O3S/c1-13(2,3)11(14)12(16)15-9-5-7-10(8-6-9)19(4,17)18/h5-8,11H,14H2,1-4H3,(H,15,16). The summed E-state index contributed by atoms with van der Waals surface area (Å²) in [5.41, 5.74) is 6.02. The van der Waals surface area contributed by atoms with Crippen molar-refractivity contribution in [2.24, 2.45) is 11.1 Å². The Hall–Kier alpha value is -1.40. The average molecular weight is 284 g/mol. The monoisotopic (exact) mass is 284 g/mol. The van der Waals surface area contributed by atoms with E-state index in [2.05, 4.69) is 5.32 Å². The quantitative estimate of drug-likeness (QED) is 0.878. The van der Waals surface area contributed by atoms with Gasteiger partial charge in [0, 0.05) is 11.9 Å². The fourth-order valence-corrected chi connectivity index (χ4v) is 2.03. The fraction of sp³-hybridized carbons (Fsp3) is 0.462. The number of amides is 1. The van der Waals surface area contributed by atoms with Gasteiger partial charge in [0.25, 0.3) is 0 Å². The number of benzene rings is 1. The molecule has 0 fully saturated rings. The smallest absolute Gasteiger partial charge is 0.241 e. The molecule has 0 heterocycles. The highest BCUT2D eigenvalue weighted by Gasteiger charge is 2.27. The van der Waals surface area contributed by atoms with E-state index in [-0.39, 0.29) is 16.2 Å². The molecule has 0 aliphatic heterocycles. The maximum absolute atomic E-state index is 11.9. The van der Waals surface area contributed by atoms with Gasteiger partial charge in [-0.15, -0.1) is 0 Å². The van der Waals surface area contributed by atoms with Gasteiger partial charge >= 0.3 is 0 Å². The van der Waals surface area contributed by atoms with Crippen LogP contribution in [0.4, 0.5) is 5.69 Å². The van der Waals surface area contributed by atoms with Gasteiger partial charge in [0.15, 0.2) is 9.84 Å². The summed E-state index contributed by atoms with van der Waals surface area (Å²) in [5.74, 6) is -0.292. The minimum atomic E-state index is -3.23. The van der Waals surface area contributed by atoms with Crippen molar-refractivity contribution >= 4 is 21.4 Å². The third-order valence-electron chi connectivity index (χ3n) is 2.77. The van der Waals surface area contributed by atoms with Crippen molar-refractivity contribution in [3.8, 4) is 0 Å². The molecule has 0 bridgehead atoms. The van der Waals surface area contributed by atoms with Gasteiger partial charge in [-0.05, 0) is 29.7 Å². The molecule has 0 aliphatic carbocycles. The van der Waals surface area contributed by atoms with Crippen LogP contribution in [-0.2, 0) is 14.6 Å². The van der Waals surface area contributed by atoms with Gasteiger partial charge < -0.3 is 11.1 Å². The Bertz CT molecular complexity index is 557. The lowest BCUT2D eigenvalue weighted by atomic mass is 9.87. The van der Waals surface area contributed by atoms with E-state index >= 15 is 0 Å². The first-order valence-corrected chi connectivity index (χ1v) is 7.77. The molecule has 1 rings (SSSR count). The van der Waals surface area contributed by atoms with Crippen LogP contribution in [0.2, 0.25) is 0 Å². The molecular formula is C13H20N2O3S. The Morgan fingerprint density at radius 1 is 1.21 bits per heavy atom. The van der Waals surface area contributed by atoms with Crippen LogP contribution in [0.15, 0.2) is 29.2 Å². The van der Waals surface area contributed by atoms with Gasteiger partial charge in [-0.1, -0.05) is 20.8 Å². The zero-order chi connectivity index (χ0) is 14.8. The second kappa shape index (κ2) is 5.30. The lowest BCUT2D eigenvalue weighted by Gasteiger charge is -2.25. The second-order valence-corrected chi connectivity index (χ2v) is 7.65. The molecule has 0 saturated heterocycles. The van der Waals surface area contributed by atoms with Crippen molar-refractivity contribution in [2.45, 2.75) is 31.7 Å². The minimum Gasteiger partial charge on any atom is -0.325 e. The number of hydrogen-bond donors (Lipinski definition) is 2. The number of carbonyl (C=O) groups is 1. The molecule has 1 aromatic carbocycles. The number of nitrogens with one attached hydrogen (secondary N) is 1. The number of sulfone groups is 1. The molecule has 0 aromatic heterocycles. The third kappa shape index (κ3) is 4.33. The zero-order valence-corrected chi connectivity index (χ0v) is 12.4. The summed E-state index contributed by atoms with van der Waals surface area (Å²) < 4.78 is 22.6. The van der Waals surface area contributed by atoms with E-state index in [1.54, 1.807) is 12.1 Å². The molecule has 1 unspecified atom stereocenters. The Morgan fingerprint density at radius 2 is 1.68 bits per heavy atom. The lowest BCUT2D eigenvalue weighted by molar-refractivity contribution is -0.119. The summed E-state index contributed by atoms with van der Waals surface area (Å²) in [6.07, 6.45) is 1.14. The minimum absolute atomic E-state index is 0.214. The van der Waals surface area contributed by atoms with E-state index in [1.165, 1.54) is 12.1 Å². The molecule has 0 aliphatic rings. The number of hydrogen-bond acceptors (Lipinski definition) is 4. The first kappa shape index (κ1) is 15.7. The van der Waals surface area contributed by atoms with Gasteiger partial charge in [0.2, 0.25) is 5.91 Å². The van der Waals surface area contributed by atoms with Crippen LogP contribution in [0.3, 0.4) is 0 Å². The van der Waals surface area contributed by atoms with E-state index in [4.69, 9.17) is 5.73 Å². The highest BCUT2D eigenvalue weighted by atomic mass is 32.2. The van der Waals surface area contributed by atoms with Crippen LogP contribution in [-0.4, -0.2) is 26.6 Å². The van der Waals surface area contributed by atoms with Crippen LogP contribution in [0, 0.1) is 5.41 Å². The molecule has 0 radical (unpaired) electrons. The molecule has 6 heteroatoms. The van der Waals surface area contributed by atoms with Gasteiger partial charge in [0.1, 0.15) is 0 Å². The molecule has 19 heavy (non-hydrogen) atoms. The van der Waals surface area contributed by atoms with Gasteiger partial charge in [-0.25, -0.2) is 8.42 Å². The Morgan fingerprint density at radius 3 is 2.05 bits per heavy atom. The largest absolute Gasteiger partial charge is 0.325 e. The number of carbonyl (C=O) groups excluding carboxylic acids is 1. The third-order valence-corrected chi connectivity index (χ3v) is 3.89. The molecule has 3 N–H and O–H groups in total. The fourth-order valence-electron chi connectivity index (χ4n) is 1.40. The highest BCUT2D eigenvalue weighted by Crippen LogP contribution is 2.19. The molecule has 0 saturated carbocycles. The number of anilines is 1. The summed E-state index contributed by atoms with van der Waals surface area (Å²) >= 11 is 0. The van der Waals surface area contributed by atoms with Crippen molar-refractivity contribution in [3.05, 3.63) is 24.3 Å². The van der Waals surface area contributed by atoms with Crippen molar-refractivity contribution in [1.29, 1.82) is 0 Å². The summed E-state index contributed by atoms with van der Waals surface area (Å²) in [5, 5.41) is 2.67. The van der Waals surface area contributed by atoms with E-state index in [0.29, 0.717) is 5.69 Å². The summed E-state index contributed by atoms with van der Waals surface area (Å²) in [6, 6.07) is 5.36. The van der Waals surface area contributed by atoms with E-state index in [0.717, 1.165) is 6.26 Å². The number of rotatable bonds is 3. The first-order chi connectivity index (χ1) is 8.51. The van der Waals surface area contributed by atoms with Gasteiger partial charge in [0.05, 0.1) is 10.9 Å². The lowest BCUT2D eigenvalue weighted by Crippen LogP contribution is -2.45. The van der Waals surface area contributed by atoms with Crippen LogP contribution >= 0.6 is 0 Å². The van der Waals surface area contributed by atoms with Gasteiger partial charge in [-0.3, -0.25) is 4.79 Å². The van der Waals surface area contributed by atoms with Crippen LogP contribution in [0.5, 0.6) is 0 Å². The Balaban J connectivity index is 2.82. The van der Waals surface area contributed by atoms with Crippen molar-refractivity contribution in [1.82, 2.24) is 0 Å². The zero-order valence-electron chi connectivity index (χ0n) is 11.6. The molecule has 1 atom stereocenters. The van der Waals surface area contributed by atoms with E-state index in [1.807, 2.05) is 20.8 Å². The summed E-state index contributed by atoms with van der Waals surface area (Å²) in [6.45, 7) is 5.64. The average Bonchev–Trinajstić information content (AvgIpc) is 2.26. The number of nitrogens with two attached hydrogens (primary N) is 1. The van der Waals surface area contributed by atoms with Crippen LogP contribution in [0.1, 0.15) is 20.8 Å². The van der Waals surface area contributed by atoms with Crippen LogP contribution in [0.25, 0.3) is 0 Å². The summed E-state index contributed by atoms with van der Waals surface area (Å²) in [7, 11) is -3.23. The van der Waals surface area contributed by atoms with Crippen molar-refractivity contribution < 1.29 is 13.2 Å². The topological polar surface area (TPSA) is 89.3 Å². The molecule has 5 nitrogen and oxygen atoms in total. The molecule has 1 aromatic rings. The Labute approximate surface area is 114 Å². The Kier molecular flexibility index (Phi) is 4.37.